The molecule has 6 heteroatoms. The molecule has 1 fully saturated rings. The number of amides is 1. The van der Waals surface area contributed by atoms with Gasteiger partial charge in [0.05, 0.1) is 4.90 Å². The van der Waals surface area contributed by atoms with E-state index in [-0.39, 0.29) is 16.8 Å². The molecule has 0 bridgehead atoms. The summed E-state index contributed by atoms with van der Waals surface area (Å²) in [5.74, 6) is -0.265. The topological polar surface area (TPSA) is 75.3 Å². The van der Waals surface area contributed by atoms with Crippen LogP contribution < -0.4 is 10.0 Å². The smallest absolute Gasteiger partial charge is 0.255 e. The van der Waals surface area contributed by atoms with Gasteiger partial charge in [0.1, 0.15) is 0 Å². The number of carbonyl (C=O) groups excluding carboxylic acids is 1. The second-order valence-electron chi connectivity index (χ2n) is 5.75. The van der Waals surface area contributed by atoms with E-state index < -0.39 is 10.0 Å². The second-order valence-corrected chi connectivity index (χ2v) is 7.46. The number of sulfonamides is 1. The van der Waals surface area contributed by atoms with Gasteiger partial charge in [0, 0.05) is 17.3 Å². The highest BCUT2D eigenvalue weighted by Gasteiger charge is 2.28. The number of rotatable bonds is 5. The standard InChI is InChI=1S/C17H18N2O3S/c1-12-4-2-5-13(10-12)17(20)18-15-6-3-7-16(11-15)23(21,22)19-14-8-9-14/h2-7,10-11,14,19H,8-9H2,1H3,(H,18,20). The summed E-state index contributed by atoms with van der Waals surface area (Å²) in [6.07, 6.45) is 1.76. The molecule has 1 saturated carbocycles. The van der Waals surface area contributed by atoms with E-state index in [1.54, 1.807) is 24.3 Å². The van der Waals surface area contributed by atoms with Gasteiger partial charge in [-0.2, -0.15) is 0 Å². The Kier molecular flexibility index (Phi) is 4.19. The number of anilines is 1. The zero-order valence-electron chi connectivity index (χ0n) is 12.7. The molecule has 0 unspecified atom stereocenters. The molecule has 0 atom stereocenters. The van der Waals surface area contributed by atoms with Gasteiger partial charge in [-0.3, -0.25) is 4.79 Å². The van der Waals surface area contributed by atoms with E-state index in [2.05, 4.69) is 10.0 Å². The van der Waals surface area contributed by atoms with Crippen molar-refractivity contribution >= 4 is 21.6 Å². The first kappa shape index (κ1) is 15.7. The molecule has 0 radical (unpaired) electrons. The van der Waals surface area contributed by atoms with Gasteiger partial charge in [-0.25, -0.2) is 13.1 Å². The van der Waals surface area contributed by atoms with Crippen molar-refractivity contribution in [1.82, 2.24) is 4.72 Å². The van der Waals surface area contributed by atoms with Crippen LogP contribution in [-0.4, -0.2) is 20.4 Å². The minimum atomic E-state index is -3.53. The van der Waals surface area contributed by atoms with Crippen LogP contribution in [0.25, 0.3) is 0 Å². The van der Waals surface area contributed by atoms with Crippen LogP contribution >= 0.6 is 0 Å². The maximum Gasteiger partial charge on any atom is 0.255 e. The highest BCUT2D eigenvalue weighted by molar-refractivity contribution is 7.89. The van der Waals surface area contributed by atoms with Crippen LogP contribution in [0.3, 0.4) is 0 Å². The van der Waals surface area contributed by atoms with Crippen molar-refractivity contribution in [2.75, 3.05) is 5.32 Å². The highest BCUT2D eigenvalue weighted by Crippen LogP contribution is 2.23. The number of nitrogens with one attached hydrogen (secondary N) is 2. The van der Waals surface area contributed by atoms with E-state index in [9.17, 15) is 13.2 Å². The van der Waals surface area contributed by atoms with Crippen molar-refractivity contribution in [2.45, 2.75) is 30.7 Å². The van der Waals surface area contributed by atoms with Crippen molar-refractivity contribution < 1.29 is 13.2 Å². The molecule has 2 N–H and O–H groups in total. The Morgan fingerprint density at radius 3 is 2.52 bits per heavy atom. The van der Waals surface area contributed by atoms with Crippen LogP contribution in [-0.2, 0) is 10.0 Å². The average Bonchev–Trinajstić information content (AvgIpc) is 3.31. The first-order valence-corrected chi connectivity index (χ1v) is 8.93. The number of hydrogen-bond donors (Lipinski definition) is 2. The van der Waals surface area contributed by atoms with Gasteiger partial charge in [0.25, 0.3) is 5.91 Å². The van der Waals surface area contributed by atoms with Crippen LogP contribution in [0.4, 0.5) is 5.69 Å². The normalized spacial score (nSPS) is 14.5. The van der Waals surface area contributed by atoms with Gasteiger partial charge in [0.2, 0.25) is 10.0 Å². The first-order valence-electron chi connectivity index (χ1n) is 7.44. The highest BCUT2D eigenvalue weighted by atomic mass is 32.2. The van der Waals surface area contributed by atoms with E-state index in [0.717, 1.165) is 18.4 Å². The summed E-state index contributed by atoms with van der Waals surface area (Å²) in [6, 6.07) is 13.5. The Morgan fingerprint density at radius 1 is 1.09 bits per heavy atom. The number of benzene rings is 2. The molecule has 23 heavy (non-hydrogen) atoms. The zero-order valence-corrected chi connectivity index (χ0v) is 13.6. The largest absolute Gasteiger partial charge is 0.322 e. The maximum atomic E-state index is 12.2. The minimum absolute atomic E-state index is 0.0468. The van der Waals surface area contributed by atoms with E-state index >= 15 is 0 Å². The van der Waals surface area contributed by atoms with Crippen molar-refractivity contribution in [3.8, 4) is 0 Å². The Hall–Kier alpha value is -2.18. The average molecular weight is 330 g/mol. The fourth-order valence-electron chi connectivity index (χ4n) is 2.22. The number of carbonyl (C=O) groups is 1. The summed E-state index contributed by atoms with van der Waals surface area (Å²) in [7, 11) is -3.53. The molecule has 5 nitrogen and oxygen atoms in total. The summed E-state index contributed by atoms with van der Waals surface area (Å²) in [5.41, 5.74) is 1.98. The van der Waals surface area contributed by atoms with Gasteiger partial charge in [-0.15, -0.1) is 0 Å². The maximum absolute atomic E-state index is 12.2. The van der Waals surface area contributed by atoms with Crippen molar-refractivity contribution in [2.24, 2.45) is 0 Å². The van der Waals surface area contributed by atoms with Crippen LogP contribution in [0.15, 0.2) is 53.4 Å². The summed E-state index contributed by atoms with van der Waals surface area (Å²) in [4.78, 5) is 12.4. The van der Waals surface area contributed by atoms with Crippen molar-refractivity contribution in [3.63, 3.8) is 0 Å². The third kappa shape index (κ3) is 3.97. The van der Waals surface area contributed by atoms with Crippen LogP contribution in [0.5, 0.6) is 0 Å². The summed E-state index contributed by atoms with van der Waals surface area (Å²) < 4.78 is 27.0. The van der Waals surface area contributed by atoms with Gasteiger partial charge in [-0.1, -0.05) is 23.8 Å². The Balaban J connectivity index is 1.78. The summed E-state index contributed by atoms with van der Waals surface area (Å²) in [5, 5.41) is 2.74. The molecule has 2 aromatic rings. The molecule has 1 aliphatic rings. The van der Waals surface area contributed by atoms with Gasteiger partial charge in [0.15, 0.2) is 0 Å². The third-order valence-electron chi connectivity index (χ3n) is 3.58. The first-order chi connectivity index (χ1) is 10.9. The molecule has 1 aliphatic carbocycles. The lowest BCUT2D eigenvalue weighted by Crippen LogP contribution is -2.25. The quantitative estimate of drug-likeness (QED) is 0.885. The zero-order chi connectivity index (χ0) is 16.4. The van der Waals surface area contributed by atoms with E-state index in [4.69, 9.17) is 0 Å². The lowest BCUT2D eigenvalue weighted by Gasteiger charge is -2.09. The molecular formula is C17H18N2O3S. The molecule has 0 aromatic heterocycles. The van der Waals surface area contributed by atoms with E-state index in [1.165, 1.54) is 12.1 Å². The van der Waals surface area contributed by atoms with Crippen LogP contribution in [0.1, 0.15) is 28.8 Å². The molecule has 2 aromatic carbocycles. The van der Waals surface area contributed by atoms with Gasteiger partial charge in [-0.05, 0) is 50.1 Å². The van der Waals surface area contributed by atoms with Gasteiger partial charge < -0.3 is 5.32 Å². The molecule has 1 amide bonds. The SMILES string of the molecule is Cc1cccc(C(=O)Nc2cccc(S(=O)(=O)NC3CC3)c2)c1. The molecule has 0 spiro atoms. The van der Waals surface area contributed by atoms with E-state index in [0.29, 0.717) is 11.3 Å². The minimum Gasteiger partial charge on any atom is -0.322 e. The van der Waals surface area contributed by atoms with E-state index in [1.807, 2.05) is 19.1 Å². The Morgan fingerprint density at radius 2 is 1.83 bits per heavy atom. The molecule has 0 heterocycles. The summed E-state index contributed by atoms with van der Waals surface area (Å²) >= 11 is 0. The molecule has 0 saturated heterocycles. The predicted molar refractivity (Wildman–Crippen MR) is 88.9 cm³/mol. The lowest BCUT2D eigenvalue weighted by atomic mass is 10.1. The Labute approximate surface area is 135 Å². The third-order valence-corrected chi connectivity index (χ3v) is 5.10. The number of hydrogen-bond acceptors (Lipinski definition) is 3. The van der Waals surface area contributed by atoms with Crippen molar-refractivity contribution in [1.29, 1.82) is 0 Å². The molecule has 3 rings (SSSR count). The number of aryl methyl sites for hydroxylation is 1. The van der Waals surface area contributed by atoms with Crippen LogP contribution in [0.2, 0.25) is 0 Å². The van der Waals surface area contributed by atoms with Crippen LogP contribution in [0, 0.1) is 6.92 Å². The Bertz CT molecular complexity index is 842. The molecule has 0 aliphatic heterocycles. The van der Waals surface area contributed by atoms with Gasteiger partial charge >= 0.3 is 0 Å². The predicted octanol–water partition coefficient (Wildman–Crippen LogP) is 2.69. The second kappa shape index (κ2) is 6.14. The summed E-state index contributed by atoms with van der Waals surface area (Å²) in [6.45, 7) is 1.91. The monoisotopic (exact) mass is 330 g/mol. The lowest BCUT2D eigenvalue weighted by molar-refractivity contribution is 0.102. The molecular weight excluding hydrogens is 312 g/mol. The fraction of sp³-hybridized carbons (Fsp3) is 0.235. The van der Waals surface area contributed by atoms with Crippen molar-refractivity contribution in [3.05, 3.63) is 59.7 Å². The molecule has 120 valence electrons. The fourth-order valence-corrected chi connectivity index (χ4v) is 3.57.